The molecule has 10 nitrogen and oxygen atoms in total. The van der Waals surface area contributed by atoms with Gasteiger partial charge in [0.1, 0.15) is 12.2 Å². The maximum absolute atomic E-state index is 15.2. The number of fused-ring (bicyclic) bond motifs is 4. The van der Waals surface area contributed by atoms with Gasteiger partial charge in [0.2, 0.25) is 18.0 Å². The van der Waals surface area contributed by atoms with Crippen LogP contribution in [0.4, 0.5) is 13.6 Å². The fourth-order valence-corrected chi connectivity index (χ4v) is 7.36. The Morgan fingerprint density at radius 2 is 2.05 bits per heavy atom. The number of rotatable bonds is 4. The van der Waals surface area contributed by atoms with E-state index < -0.39 is 48.1 Å². The Balaban J connectivity index is 1.56. The zero-order chi connectivity index (χ0) is 27.3. The van der Waals surface area contributed by atoms with Gasteiger partial charge in [-0.2, -0.15) is 0 Å². The molecule has 2 atom stereocenters. The van der Waals surface area contributed by atoms with Crippen LogP contribution in [0.3, 0.4) is 0 Å². The van der Waals surface area contributed by atoms with Gasteiger partial charge in [-0.05, 0) is 23.1 Å². The van der Waals surface area contributed by atoms with E-state index in [1.165, 1.54) is 40.0 Å². The average molecular weight is 578 g/mol. The van der Waals surface area contributed by atoms with Gasteiger partial charge >= 0.3 is 6.16 Å². The lowest BCUT2D eigenvalue weighted by atomic mass is 9.97. The molecular weight excluding hydrogens is 556 g/mol. The van der Waals surface area contributed by atoms with Crippen molar-refractivity contribution in [1.29, 1.82) is 0 Å². The van der Waals surface area contributed by atoms with E-state index in [1.807, 2.05) is 16.5 Å². The van der Waals surface area contributed by atoms with Gasteiger partial charge in [0.25, 0.3) is 5.91 Å². The van der Waals surface area contributed by atoms with Crippen molar-refractivity contribution in [3.05, 3.63) is 79.4 Å². The largest absolute Gasteiger partial charge is 0.510 e. The number of carbonyl (C=O) groups is 2. The summed E-state index contributed by atoms with van der Waals surface area (Å²) in [6.07, 6.45) is -0.210. The van der Waals surface area contributed by atoms with E-state index in [4.69, 9.17) is 14.2 Å². The number of hydrogen-bond acceptors (Lipinski definition) is 10. The van der Waals surface area contributed by atoms with Crippen molar-refractivity contribution in [3.8, 4) is 5.75 Å². The van der Waals surface area contributed by atoms with Crippen LogP contribution in [0.2, 0.25) is 0 Å². The third-order valence-electron chi connectivity index (χ3n) is 6.77. The Kier molecular flexibility index (Phi) is 6.69. The van der Waals surface area contributed by atoms with Crippen LogP contribution in [0.15, 0.2) is 45.5 Å². The fourth-order valence-electron chi connectivity index (χ4n) is 5.05. The summed E-state index contributed by atoms with van der Waals surface area (Å²) in [6, 6.07) is 5.14. The quantitative estimate of drug-likeness (QED) is 0.341. The maximum Gasteiger partial charge on any atom is 0.510 e. The summed E-state index contributed by atoms with van der Waals surface area (Å²) in [4.78, 5) is 41.4. The number of thiophene rings is 1. The van der Waals surface area contributed by atoms with Crippen molar-refractivity contribution in [3.63, 3.8) is 0 Å². The van der Waals surface area contributed by atoms with Gasteiger partial charge in [0.05, 0.1) is 20.3 Å². The number of halogens is 2. The SMILES string of the molecule is COC(=O)OCOc1c2n(ccc1=O)N(C1c3ccc(F)c(F)c3CSc3ccsc31)[C@@H]1COCCN1C2=O. The minimum atomic E-state index is -1.02. The molecule has 1 aromatic carbocycles. The summed E-state index contributed by atoms with van der Waals surface area (Å²) < 4.78 is 51.5. The summed E-state index contributed by atoms with van der Waals surface area (Å²) in [6.45, 7) is -0.0237. The molecule has 0 aliphatic carbocycles. The number of ether oxygens (including phenoxy) is 4. The number of hydrogen-bond donors (Lipinski definition) is 0. The molecule has 3 aliphatic rings. The smallest absolute Gasteiger partial charge is 0.451 e. The van der Waals surface area contributed by atoms with Crippen LogP contribution in [-0.2, 0) is 20.0 Å². The zero-order valence-corrected chi connectivity index (χ0v) is 22.1. The lowest BCUT2D eigenvalue weighted by Gasteiger charge is -2.51. The molecule has 0 saturated carbocycles. The van der Waals surface area contributed by atoms with Crippen molar-refractivity contribution in [2.75, 3.05) is 38.7 Å². The van der Waals surface area contributed by atoms with Crippen LogP contribution in [0.5, 0.6) is 5.75 Å². The van der Waals surface area contributed by atoms with Gasteiger partial charge in [0.15, 0.2) is 17.3 Å². The number of thioether (sulfide) groups is 1. The van der Waals surface area contributed by atoms with E-state index >= 15 is 4.39 Å². The van der Waals surface area contributed by atoms with Crippen molar-refractivity contribution in [2.45, 2.75) is 22.9 Å². The van der Waals surface area contributed by atoms with Crippen molar-refractivity contribution in [1.82, 2.24) is 9.58 Å². The molecule has 204 valence electrons. The average Bonchev–Trinajstić information content (AvgIpc) is 3.35. The Labute approximate surface area is 228 Å². The summed E-state index contributed by atoms with van der Waals surface area (Å²) in [5.41, 5.74) is 0.0625. The fraction of sp³-hybridized carbons (Fsp3) is 0.320. The van der Waals surface area contributed by atoms with Gasteiger partial charge in [-0.15, -0.1) is 23.1 Å². The molecule has 5 heterocycles. The lowest BCUT2D eigenvalue weighted by Crippen LogP contribution is -2.66. The molecule has 0 bridgehead atoms. The first-order chi connectivity index (χ1) is 18.9. The second-order valence-corrected chi connectivity index (χ2v) is 10.7. The monoisotopic (exact) mass is 577 g/mol. The van der Waals surface area contributed by atoms with Gasteiger partial charge in [0, 0.05) is 39.9 Å². The van der Waals surface area contributed by atoms with E-state index in [9.17, 15) is 18.8 Å². The highest BCUT2D eigenvalue weighted by molar-refractivity contribution is 7.98. The van der Waals surface area contributed by atoms with Crippen LogP contribution in [0.1, 0.15) is 32.5 Å². The van der Waals surface area contributed by atoms with Crippen LogP contribution >= 0.6 is 23.1 Å². The number of carbonyl (C=O) groups excluding carboxylic acids is 2. The van der Waals surface area contributed by atoms with Gasteiger partial charge < -0.3 is 23.8 Å². The standard InChI is InChI=1S/C25H21F2N3O7S2/c1-34-25(33)37-12-36-22-16(31)4-6-29-21(22)24(32)28-7-8-35-10-18(28)30(29)20-13-2-3-15(26)19(27)14(13)11-39-17-5-9-38-23(17)20/h2-6,9,18,20H,7-8,10-12H2,1H3/t18-,20?/m1/s1. The zero-order valence-electron chi connectivity index (χ0n) is 20.4. The Bertz CT molecular complexity index is 1530. The van der Waals surface area contributed by atoms with Crippen molar-refractivity contribution in [2.24, 2.45) is 0 Å². The Hall–Kier alpha value is -3.62. The predicted octanol–water partition coefficient (Wildman–Crippen LogP) is 3.45. The molecule has 1 fully saturated rings. The second kappa shape index (κ2) is 10.2. The number of methoxy groups -OCH3 is 1. The van der Waals surface area contributed by atoms with E-state index in [-0.39, 0.29) is 42.5 Å². The van der Waals surface area contributed by atoms with Crippen LogP contribution in [-0.4, -0.2) is 61.5 Å². The number of pyridine rings is 1. The minimum Gasteiger partial charge on any atom is -0.451 e. The maximum atomic E-state index is 15.2. The molecule has 1 saturated heterocycles. The minimum absolute atomic E-state index is 0.0896. The van der Waals surface area contributed by atoms with Crippen molar-refractivity contribution >= 4 is 35.2 Å². The number of amides is 1. The summed E-state index contributed by atoms with van der Waals surface area (Å²) in [7, 11) is 1.12. The summed E-state index contributed by atoms with van der Waals surface area (Å²) in [5, 5.41) is 3.76. The topological polar surface area (TPSA) is 99.5 Å². The first-order valence-electron chi connectivity index (χ1n) is 11.8. The lowest BCUT2D eigenvalue weighted by molar-refractivity contribution is -0.0208. The molecule has 14 heteroatoms. The van der Waals surface area contributed by atoms with Crippen LogP contribution in [0, 0.1) is 11.6 Å². The molecule has 1 amide bonds. The van der Waals surface area contributed by atoms with Gasteiger partial charge in [-0.1, -0.05) is 6.07 Å². The number of nitrogens with zero attached hydrogens (tertiary/aromatic N) is 3. The first kappa shape index (κ1) is 25.6. The molecule has 39 heavy (non-hydrogen) atoms. The van der Waals surface area contributed by atoms with E-state index in [0.29, 0.717) is 5.56 Å². The van der Waals surface area contributed by atoms with Gasteiger partial charge in [-0.3, -0.25) is 19.3 Å². The van der Waals surface area contributed by atoms with Crippen LogP contribution < -0.4 is 15.2 Å². The Morgan fingerprint density at radius 1 is 1.21 bits per heavy atom. The summed E-state index contributed by atoms with van der Waals surface area (Å²) in [5.74, 6) is -2.45. The Morgan fingerprint density at radius 3 is 2.87 bits per heavy atom. The highest BCUT2D eigenvalue weighted by Gasteiger charge is 2.46. The molecule has 3 aliphatic heterocycles. The van der Waals surface area contributed by atoms with E-state index in [0.717, 1.165) is 22.9 Å². The van der Waals surface area contributed by atoms with Crippen molar-refractivity contribution < 1.29 is 37.3 Å². The normalized spacial score (nSPS) is 19.8. The second-order valence-electron chi connectivity index (χ2n) is 8.77. The van der Waals surface area contributed by atoms with Gasteiger partial charge in [-0.25, -0.2) is 13.6 Å². The molecule has 2 aromatic heterocycles. The third kappa shape index (κ3) is 4.22. The number of morpholine rings is 1. The molecule has 1 unspecified atom stereocenters. The van der Waals surface area contributed by atoms with E-state index in [1.54, 1.807) is 11.0 Å². The highest BCUT2D eigenvalue weighted by Crippen LogP contribution is 2.47. The highest BCUT2D eigenvalue weighted by atomic mass is 32.2. The number of aromatic nitrogens is 1. The molecule has 0 N–H and O–H groups in total. The molecule has 0 spiro atoms. The molecule has 3 aromatic rings. The summed E-state index contributed by atoms with van der Waals surface area (Å²) >= 11 is 2.86. The molecule has 6 rings (SSSR count). The third-order valence-corrected chi connectivity index (χ3v) is 8.97. The molecular formula is C25H21F2N3O7S2. The predicted molar refractivity (Wildman–Crippen MR) is 136 cm³/mol. The molecule has 0 radical (unpaired) electrons. The number of benzene rings is 1. The van der Waals surface area contributed by atoms with Crippen LogP contribution in [0.25, 0.3) is 0 Å². The van der Waals surface area contributed by atoms with E-state index in [2.05, 4.69) is 4.74 Å². The first-order valence-corrected chi connectivity index (χ1v) is 13.7.